The first-order chi connectivity index (χ1) is 15.6. The van der Waals surface area contributed by atoms with Gasteiger partial charge in [0.05, 0.1) is 5.92 Å². The summed E-state index contributed by atoms with van der Waals surface area (Å²) < 4.78 is 5.35. The number of imide groups is 1. The van der Waals surface area contributed by atoms with Gasteiger partial charge in [0, 0.05) is 63.6 Å². The Morgan fingerprint density at radius 2 is 1.52 bits per heavy atom. The predicted molar refractivity (Wildman–Crippen MR) is 122 cm³/mol. The molecule has 3 aliphatic heterocycles. The van der Waals surface area contributed by atoms with Crippen molar-refractivity contribution in [3.05, 3.63) is 24.3 Å². The Balaban J connectivity index is 1.25. The highest BCUT2D eigenvalue weighted by Gasteiger charge is 2.40. The molecule has 0 aromatic heterocycles. The quantitative estimate of drug-likeness (QED) is 0.741. The predicted octanol–water partition coefficient (Wildman–Crippen LogP) is 1.65. The van der Waals surface area contributed by atoms with E-state index in [4.69, 9.17) is 4.74 Å². The molecule has 0 unspecified atom stereocenters. The van der Waals surface area contributed by atoms with E-state index in [1.54, 1.807) is 9.80 Å². The van der Waals surface area contributed by atoms with Gasteiger partial charge in [-0.2, -0.15) is 0 Å². The third-order valence-corrected chi connectivity index (χ3v) is 6.05. The summed E-state index contributed by atoms with van der Waals surface area (Å²) >= 11 is 0. The van der Waals surface area contributed by atoms with Crippen molar-refractivity contribution >= 4 is 35.3 Å². The fraction of sp³-hybridized carbons (Fsp3) is 0.565. The highest BCUT2D eigenvalue weighted by molar-refractivity contribution is 6.05. The van der Waals surface area contributed by atoms with Gasteiger partial charge >= 0.3 is 12.1 Å². The maximum absolute atomic E-state index is 12.8. The summed E-state index contributed by atoms with van der Waals surface area (Å²) in [5.74, 6) is -0.318. The number of urea groups is 1. The molecule has 1 aromatic rings. The zero-order chi connectivity index (χ0) is 23.8. The van der Waals surface area contributed by atoms with Gasteiger partial charge in [-0.05, 0) is 45.0 Å². The maximum Gasteiger partial charge on any atom is 0.410 e. The standard InChI is InChI=1S/C23H31N5O5/c1-23(2,3)33-22(32)27-14-16(15-27)20(30)26-12-10-25(11-13-26)17-4-6-18(7-5-17)28-9-8-19(29)24-21(28)31/h4-7,16H,8-15H2,1-3H3,(H,24,29,31). The molecule has 5 amide bonds. The largest absolute Gasteiger partial charge is 0.444 e. The number of carbonyl (C=O) groups is 4. The lowest BCUT2D eigenvalue weighted by molar-refractivity contribution is -0.140. The van der Waals surface area contributed by atoms with Crippen molar-refractivity contribution in [3.8, 4) is 0 Å². The number of hydrogen-bond donors (Lipinski definition) is 1. The summed E-state index contributed by atoms with van der Waals surface area (Å²) in [4.78, 5) is 55.4. The van der Waals surface area contributed by atoms with Crippen LogP contribution in [0, 0.1) is 5.92 Å². The van der Waals surface area contributed by atoms with Crippen LogP contribution in [0.3, 0.4) is 0 Å². The smallest absolute Gasteiger partial charge is 0.410 e. The molecule has 1 N–H and O–H groups in total. The van der Waals surface area contributed by atoms with Crippen LogP contribution < -0.4 is 15.1 Å². The van der Waals surface area contributed by atoms with Gasteiger partial charge in [-0.25, -0.2) is 9.59 Å². The number of carbonyl (C=O) groups excluding carboxylic acids is 4. The number of piperazine rings is 1. The van der Waals surface area contributed by atoms with E-state index >= 15 is 0 Å². The fourth-order valence-electron chi connectivity index (χ4n) is 4.21. The zero-order valence-electron chi connectivity index (χ0n) is 19.4. The number of amides is 5. The van der Waals surface area contributed by atoms with Gasteiger partial charge in [0.2, 0.25) is 11.8 Å². The molecule has 0 bridgehead atoms. The van der Waals surface area contributed by atoms with Gasteiger partial charge in [-0.15, -0.1) is 0 Å². The Morgan fingerprint density at radius 1 is 0.909 bits per heavy atom. The molecule has 0 radical (unpaired) electrons. The minimum absolute atomic E-state index is 0.0930. The summed E-state index contributed by atoms with van der Waals surface area (Å²) in [6.07, 6.45) is -0.0755. The summed E-state index contributed by atoms with van der Waals surface area (Å²) in [7, 11) is 0. The Kier molecular flexibility index (Phi) is 6.18. The zero-order valence-corrected chi connectivity index (χ0v) is 19.4. The van der Waals surface area contributed by atoms with Crippen molar-refractivity contribution in [2.75, 3.05) is 55.6 Å². The van der Waals surface area contributed by atoms with Gasteiger partial charge in [-0.1, -0.05) is 0 Å². The van der Waals surface area contributed by atoms with E-state index in [2.05, 4.69) is 10.2 Å². The monoisotopic (exact) mass is 457 g/mol. The number of hydrogen-bond acceptors (Lipinski definition) is 6. The van der Waals surface area contributed by atoms with Crippen LogP contribution in [0.1, 0.15) is 27.2 Å². The maximum atomic E-state index is 12.8. The first kappa shape index (κ1) is 22.9. The summed E-state index contributed by atoms with van der Waals surface area (Å²) in [5.41, 5.74) is 1.23. The minimum Gasteiger partial charge on any atom is -0.444 e. The molecule has 0 atom stereocenters. The van der Waals surface area contributed by atoms with Crippen LogP contribution in [-0.4, -0.2) is 85.2 Å². The van der Waals surface area contributed by atoms with Gasteiger partial charge < -0.3 is 19.4 Å². The van der Waals surface area contributed by atoms with Crippen molar-refractivity contribution < 1.29 is 23.9 Å². The van der Waals surface area contributed by atoms with Gasteiger partial charge in [0.15, 0.2) is 0 Å². The first-order valence-electron chi connectivity index (χ1n) is 11.3. The molecule has 10 nitrogen and oxygen atoms in total. The molecule has 0 aliphatic carbocycles. The normalized spacial score (nSPS) is 19.8. The molecule has 178 valence electrons. The highest BCUT2D eigenvalue weighted by atomic mass is 16.6. The van der Waals surface area contributed by atoms with Crippen LogP contribution in [0.5, 0.6) is 0 Å². The molecule has 33 heavy (non-hydrogen) atoms. The van der Waals surface area contributed by atoms with Gasteiger partial charge in [0.25, 0.3) is 0 Å². The van der Waals surface area contributed by atoms with Crippen molar-refractivity contribution in [2.45, 2.75) is 32.8 Å². The molecular weight excluding hydrogens is 426 g/mol. The lowest BCUT2D eigenvalue weighted by atomic mass is 9.98. The molecule has 1 aromatic carbocycles. The van der Waals surface area contributed by atoms with E-state index in [1.807, 2.05) is 49.9 Å². The molecule has 3 heterocycles. The number of nitrogens with zero attached hydrogens (tertiary/aromatic N) is 4. The van der Waals surface area contributed by atoms with E-state index in [1.165, 1.54) is 0 Å². The third-order valence-electron chi connectivity index (χ3n) is 6.05. The number of nitrogens with one attached hydrogen (secondary N) is 1. The van der Waals surface area contributed by atoms with Gasteiger partial charge in [0.1, 0.15) is 5.60 Å². The van der Waals surface area contributed by atoms with Crippen molar-refractivity contribution in [3.63, 3.8) is 0 Å². The lowest BCUT2D eigenvalue weighted by Crippen LogP contribution is -2.59. The van der Waals surface area contributed by atoms with Crippen LogP contribution in [0.15, 0.2) is 24.3 Å². The van der Waals surface area contributed by atoms with Gasteiger partial charge in [-0.3, -0.25) is 19.8 Å². The average molecular weight is 458 g/mol. The van der Waals surface area contributed by atoms with Crippen LogP contribution >= 0.6 is 0 Å². The number of benzene rings is 1. The van der Waals surface area contributed by atoms with Crippen LogP contribution in [0.4, 0.5) is 21.0 Å². The van der Waals surface area contributed by atoms with Crippen LogP contribution in [0.25, 0.3) is 0 Å². The van der Waals surface area contributed by atoms with Crippen LogP contribution in [-0.2, 0) is 14.3 Å². The highest BCUT2D eigenvalue weighted by Crippen LogP contribution is 2.25. The summed E-state index contributed by atoms with van der Waals surface area (Å²) in [5, 5.41) is 2.33. The molecule has 0 saturated carbocycles. The fourth-order valence-corrected chi connectivity index (χ4v) is 4.21. The SMILES string of the molecule is CC(C)(C)OC(=O)N1CC(C(=O)N2CCN(c3ccc(N4CCC(=O)NC4=O)cc3)CC2)C1. The number of likely N-dealkylation sites (tertiary alicyclic amines) is 1. The molecular formula is C23H31N5O5. The van der Waals surface area contributed by atoms with E-state index in [0.29, 0.717) is 52.2 Å². The molecule has 3 fully saturated rings. The van der Waals surface area contributed by atoms with Crippen molar-refractivity contribution in [2.24, 2.45) is 5.92 Å². The van der Waals surface area contributed by atoms with Crippen molar-refractivity contribution in [1.29, 1.82) is 0 Å². The minimum atomic E-state index is -0.542. The molecule has 3 aliphatic rings. The Hall–Kier alpha value is -3.30. The average Bonchev–Trinajstić information content (AvgIpc) is 2.72. The Labute approximate surface area is 193 Å². The summed E-state index contributed by atoms with van der Waals surface area (Å²) in [6, 6.07) is 7.28. The Morgan fingerprint density at radius 3 is 2.09 bits per heavy atom. The Bertz CT molecular complexity index is 928. The van der Waals surface area contributed by atoms with Crippen molar-refractivity contribution in [1.82, 2.24) is 15.1 Å². The second-order valence-corrected chi connectivity index (χ2v) is 9.67. The number of anilines is 2. The molecule has 10 heteroatoms. The van der Waals surface area contributed by atoms with E-state index in [0.717, 1.165) is 11.4 Å². The first-order valence-corrected chi connectivity index (χ1v) is 11.3. The van der Waals surface area contributed by atoms with E-state index in [-0.39, 0.29) is 23.8 Å². The topological polar surface area (TPSA) is 102 Å². The van der Waals surface area contributed by atoms with E-state index in [9.17, 15) is 19.2 Å². The number of rotatable bonds is 3. The summed E-state index contributed by atoms with van der Waals surface area (Å²) in [6.45, 7) is 9.35. The molecule has 0 spiro atoms. The second kappa shape index (κ2) is 8.92. The van der Waals surface area contributed by atoms with Crippen LogP contribution in [0.2, 0.25) is 0 Å². The molecule has 3 saturated heterocycles. The van der Waals surface area contributed by atoms with E-state index < -0.39 is 11.6 Å². The molecule has 4 rings (SSSR count). The third kappa shape index (κ3) is 5.20. The lowest BCUT2D eigenvalue weighted by Gasteiger charge is -2.43. The second-order valence-electron chi connectivity index (χ2n) is 9.67. The number of ether oxygens (including phenoxy) is 1.